The summed E-state index contributed by atoms with van der Waals surface area (Å²) in [5.74, 6) is -1.45. The van der Waals surface area contributed by atoms with Crippen LogP contribution in [-0.2, 0) is 0 Å². The van der Waals surface area contributed by atoms with E-state index in [1.54, 1.807) is 12.1 Å². The van der Waals surface area contributed by atoms with Crippen LogP contribution in [0.25, 0.3) is 0 Å². The third-order valence-corrected chi connectivity index (χ3v) is 2.13. The van der Waals surface area contributed by atoms with Gasteiger partial charge >= 0.3 is 0 Å². The second kappa shape index (κ2) is 5.84. The Morgan fingerprint density at radius 2 is 1.53 bits per heavy atom. The number of amides is 2. The van der Waals surface area contributed by atoms with E-state index in [4.69, 9.17) is 22.0 Å². The predicted octanol–water partition coefficient (Wildman–Crippen LogP) is 0.227. The second-order valence-corrected chi connectivity index (χ2v) is 3.45. The SMILES string of the molecule is N#CC(C#N)=CNc1cc(C(N)=O)cc(C(N)=O)c1. The molecule has 19 heavy (non-hydrogen) atoms. The zero-order chi connectivity index (χ0) is 14.4. The Hall–Kier alpha value is -3.32. The molecule has 0 aliphatic carbocycles. The summed E-state index contributed by atoms with van der Waals surface area (Å²) in [7, 11) is 0. The first kappa shape index (κ1) is 13.7. The van der Waals surface area contributed by atoms with Crippen LogP contribution in [0.5, 0.6) is 0 Å². The first-order valence-corrected chi connectivity index (χ1v) is 4.99. The number of nitrogens with zero attached hydrogens (tertiary/aromatic N) is 2. The average Bonchev–Trinajstić information content (AvgIpc) is 2.39. The molecular formula is C12H9N5O2. The van der Waals surface area contributed by atoms with Crippen LogP contribution in [0.3, 0.4) is 0 Å². The van der Waals surface area contributed by atoms with Crippen LogP contribution in [0.4, 0.5) is 5.69 Å². The van der Waals surface area contributed by atoms with Crippen molar-refractivity contribution in [3.8, 4) is 12.1 Å². The maximum absolute atomic E-state index is 11.1. The minimum Gasteiger partial charge on any atom is -0.366 e. The maximum Gasteiger partial charge on any atom is 0.248 e. The van der Waals surface area contributed by atoms with Crippen LogP contribution < -0.4 is 16.8 Å². The molecule has 0 unspecified atom stereocenters. The molecule has 0 aromatic heterocycles. The molecule has 0 saturated heterocycles. The maximum atomic E-state index is 11.1. The third-order valence-electron chi connectivity index (χ3n) is 2.13. The fourth-order valence-corrected chi connectivity index (χ4v) is 1.24. The van der Waals surface area contributed by atoms with Gasteiger partial charge in [-0.25, -0.2) is 0 Å². The average molecular weight is 255 g/mol. The molecule has 0 radical (unpaired) electrons. The Labute approximate surface area is 108 Å². The standard InChI is InChI=1S/C12H9N5O2/c13-4-7(5-14)6-17-10-2-8(11(15)18)1-9(3-10)12(16)19/h1-3,6,17H,(H2,15,18)(H2,16,19). The number of hydrogen-bond acceptors (Lipinski definition) is 5. The smallest absolute Gasteiger partial charge is 0.248 e. The molecule has 7 heteroatoms. The Morgan fingerprint density at radius 1 is 1.05 bits per heavy atom. The summed E-state index contributed by atoms with van der Waals surface area (Å²) in [4.78, 5) is 22.2. The number of rotatable bonds is 4. The molecule has 1 rings (SSSR count). The van der Waals surface area contributed by atoms with Gasteiger partial charge in [0.2, 0.25) is 11.8 Å². The number of nitriles is 2. The van der Waals surface area contributed by atoms with E-state index in [0.717, 1.165) is 6.20 Å². The van der Waals surface area contributed by atoms with Crippen molar-refractivity contribution in [1.29, 1.82) is 10.5 Å². The largest absolute Gasteiger partial charge is 0.366 e. The van der Waals surface area contributed by atoms with Gasteiger partial charge in [0.15, 0.2) is 0 Å². The number of allylic oxidation sites excluding steroid dienone is 1. The fourth-order valence-electron chi connectivity index (χ4n) is 1.24. The summed E-state index contributed by atoms with van der Waals surface area (Å²) in [6, 6.07) is 7.31. The highest BCUT2D eigenvalue weighted by molar-refractivity contribution is 5.99. The molecule has 94 valence electrons. The van der Waals surface area contributed by atoms with Gasteiger partial charge in [0.25, 0.3) is 0 Å². The van der Waals surface area contributed by atoms with Crippen LogP contribution >= 0.6 is 0 Å². The first-order valence-electron chi connectivity index (χ1n) is 4.99. The van der Waals surface area contributed by atoms with Gasteiger partial charge in [0.1, 0.15) is 17.7 Å². The molecule has 0 spiro atoms. The van der Waals surface area contributed by atoms with Gasteiger partial charge in [-0.2, -0.15) is 10.5 Å². The van der Waals surface area contributed by atoms with E-state index in [1.165, 1.54) is 18.2 Å². The van der Waals surface area contributed by atoms with Gasteiger partial charge in [0.05, 0.1) is 0 Å². The second-order valence-electron chi connectivity index (χ2n) is 3.45. The molecule has 1 aromatic rings. The van der Waals surface area contributed by atoms with Crippen molar-refractivity contribution in [1.82, 2.24) is 0 Å². The lowest BCUT2D eigenvalue weighted by Gasteiger charge is -2.05. The highest BCUT2D eigenvalue weighted by atomic mass is 16.1. The lowest BCUT2D eigenvalue weighted by atomic mass is 10.1. The van der Waals surface area contributed by atoms with Crippen molar-refractivity contribution < 1.29 is 9.59 Å². The van der Waals surface area contributed by atoms with E-state index < -0.39 is 11.8 Å². The van der Waals surface area contributed by atoms with Crippen LogP contribution in [-0.4, -0.2) is 11.8 Å². The monoisotopic (exact) mass is 255 g/mol. The summed E-state index contributed by atoms with van der Waals surface area (Å²) in [6.07, 6.45) is 1.14. The Morgan fingerprint density at radius 3 is 1.89 bits per heavy atom. The first-order chi connectivity index (χ1) is 8.97. The molecule has 2 amide bonds. The van der Waals surface area contributed by atoms with Gasteiger partial charge < -0.3 is 16.8 Å². The normalized spacial score (nSPS) is 8.74. The lowest BCUT2D eigenvalue weighted by Crippen LogP contribution is -2.16. The third kappa shape index (κ3) is 3.58. The van der Waals surface area contributed by atoms with Crippen molar-refractivity contribution in [2.75, 3.05) is 5.32 Å². The predicted molar refractivity (Wildman–Crippen MR) is 66.4 cm³/mol. The quantitative estimate of drug-likeness (QED) is 0.659. The Balaban J connectivity index is 3.19. The van der Waals surface area contributed by atoms with Crippen molar-refractivity contribution in [3.05, 3.63) is 41.1 Å². The molecule has 7 nitrogen and oxygen atoms in total. The number of carbonyl (C=O) groups excluding carboxylic acids is 2. The highest BCUT2D eigenvalue weighted by Gasteiger charge is 2.08. The Bertz CT molecular complexity index is 601. The molecule has 0 atom stereocenters. The van der Waals surface area contributed by atoms with Crippen LogP contribution in [0.1, 0.15) is 20.7 Å². The fraction of sp³-hybridized carbons (Fsp3) is 0. The van der Waals surface area contributed by atoms with Crippen molar-refractivity contribution in [3.63, 3.8) is 0 Å². The van der Waals surface area contributed by atoms with Crippen molar-refractivity contribution in [2.24, 2.45) is 11.5 Å². The van der Waals surface area contributed by atoms with E-state index in [1.807, 2.05) is 0 Å². The molecule has 0 aliphatic rings. The molecule has 0 fully saturated rings. The molecule has 0 heterocycles. The number of hydrogen-bond donors (Lipinski definition) is 3. The van der Waals surface area contributed by atoms with E-state index in [-0.39, 0.29) is 16.7 Å². The number of benzene rings is 1. The summed E-state index contributed by atoms with van der Waals surface area (Å²) in [5, 5.41) is 19.7. The minimum absolute atomic E-state index is 0.0858. The molecule has 0 aliphatic heterocycles. The topological polar surface area (TPSA) is 146 Å². The molecule has 5 N–H and O–H groups in total. The summed E-state index contributed by atoms with van der Waals surface area (Å²) >= 11 is 0. The molecule has 0 saturated carbocycles. The molecular weight excluding hydrogens is 246 g/mol. The lowest BCUT2D eigenvalue weighted by molar-refractivity contribution is 0.0999. The minimum atomic E-state index is -0.726. The number of nitrogens with two attached hydrogens (primary N) is 2. The highest BCUT2D eigenvalue weighted by Crippen LogP contribution is 2.15. The van der Waals surface area contributed by atoms with E-state index in [9.17, 15) is 9.59 Å². The zero-order valence-corrected chi connectivity index (χ0v) is 9.68. The van der Waals surface area contributed by atoms with Crippen LogP contribution in [0, 0.1) is 22.7 Å². The van der Waals surface area contributed by atoms with Gasteiger partial charge in [-0.05, 0) is 18.2 Å². The van der Waals surface area contributed by atoms with Gasteiger partial charge in [0, 0.05) is 23.0 Å². The van der Waals surface area contributed by atoms with Crippen LogP contribution in [0.2, 0.25) is 0 Å². The van der Waals surface area contributed by atoms with Gasteiger partial charge in [-0.1, -0.05) is 0 Å². The number of primary amides is 2. The molecule has 1 aromatic carbocycles. The van der Waals surface area contributed by atoms with Gasteiger partial charge in [-0.3, -0.25) is 9.59 Å². The number of nitrogens with one attached hydrogen (secondary N) is 1. The van der Waals surface area contributed by atoms with Crippen molar-refractivity contribution >= 4 is 17.5 Å². The summed E-state index contributed by atoms with van der Waals surface area (Å²) < 4.78 is 0. The van der Waals surface area contributed by atoms with E-state index >= 15 is 0 Å². The van der Waals surface area contributed by atoms with E-state index in [2.05, 4.69) is 5.32 Å². The number of anilines is 1. The van der Waals surface area contributed by atoms with E-state index in [0.29, 0.717) is 5.69 Å². The summed E-state index contributed by atoms with van der Waals surface area (Å²) in [6.45, 7) is 0. The summed E-state index contributed by atoms with van der Waals surface area (Å²) in [5.41, 5.74) is 10.6. The van der Waals surface area contributed by atoms with Crippen molar-refractivity contribution in [2.45, 2.75) is 0 Å². The Kier molecular flexibility index (Phi) is 4.23. The van der Waals surface area contributed by atoms with Gasteiger partial charge in [-0.15, -0.1) is 0 Å². The van der Waals surface area contributed by atoms with Crippen LogP contribution in [0.15, 0.2) is 30.0 Å². The molecule has 0 bridgehead atoms. The number of carbonyl (C=O) groups is 2. The zero-order valence-electron chi connectivity index (χ0n) is 9.68.